The number of amides is 1. The molecular formula is C14H18INO3. The normalized spacial score (nSPS) is 20.8. The SMILES string of the molecule is COc1ccc(CCNC(=O)C2CC2I)cc1OC. The predicted molar refractivity (Wildman–Crippen MR) is 82.2 cm³/mol. The lowest BCUT2D eigenvalue weighted by Gasteiger charge is -2.10. The number of carbonyl (C=O) groups excluding carboxylic acids is 1. The third-order valence-corrected chi connectivity index (χ3v) is 4.59. The molecule has 1 N–H and O–H groups in total. The van der Waals surface area contributed by atoms with E-state index in [4.69, 9.17) is 9.47 Å². The number of rotatable bonds is 6. The zero-order valence-electron chi connectivity index (χ0n) is 11.1. The lowest BCUT2D eigenvalue weighted by molar-refractivity contribution is -0.122. The van der Waals surface area contributed by atoms with Crippen molar-refractivity contribution in [2.45, 2.75) is 16.8 Å². The number of halogens is 1. The van der Waals surface area contributed by atoms with Gasteiger partial charge in [-0.25, -0.2) is 0 Å². The maximum atomic E-state index is 11.7. The molecule has 0 bridgehead atoms. The van der Waals surface area contributed by atoms with Crippen LogP contribution in [0.4, 0.5) is 0 Å². The molecule has 1 aromatic carbocycles. The summed E-state index contributed by atoms with van der Waals surface area (Å²) in [7, 11) is 3.24. The molecule has 0 aromatic heterocycles. The molecule has 4 nitrogen and oxygen atoms in total. The van der Waals surface area contributed by atoms with Gasteiger partial charge in [-0.2, -0.15) is 0 Å². The molecule has 2 atom stereocenters. The molecule has 0 spiro atoms. The number of nitrogens with one attached hydrogen (secondary N) is 1. The summed E-state index contributed by atoms with van der Waals surface area (Å²) in [5.41, 5.74) is 1.12. The van der Waals surface area contributed by atoms with Crippen molar-refractivity contribution in [2.75, 3.05) is 20.8 Å². The molecule has 104 valence electrons. The quantitative estimate of drug-likeness (QED) is 0.613. The van der Waals surface area contributed by atoms with Crippen LogP contribution >= 0.6 is 22.6 Å². The Morgan fingerprint density at radius 1 is 1.37 bits per heavy atom. The lowest BCUT2D eigenvalue weighted by atomic mass is 10.1. The summed E-state index contributed by atoms with van der Waals surface area (Å²) in [6.07, 6.45) is 1.81. The lowest BCUT2D eigenvalue weighted by Crippen LogP contribution is -2.27. The van der Waals surface area contributed by atoms with Crippen LogP contribution in [0.1, 0.15) is 12.0 Å². The van der Waals surface area contributed by atoms with Crippen molar-refractivity contribution < 1.29 is 14.3 Å². The van der Waals surface area contributed by atoms with Crippen molar-refractivity contribution in [3.05, 3.63) is 23.8 Å². The molecule has 1 aliphatic carbocycles. The Hall–Kier alpha value is -0.980. The number of ether oxygens (including phenoxy) is 2. The molecule has 1 aliphatic rings. The number of carbonyl (C=O) groups is 1. The van der Waals surface area contributed by atoms with E-state index in [2.05, 4.69) is 27.9 Å². The van der Waals surface area contributed by atoms with Gasteiger partial charge in [-0.05, 0) is 30.5 Å². The first-order valence-electron chi connectivity index (χ1n) is 6.28. The zero-order chi connectivity index (χ0) is 13.8. The van der Waals surface area contributed by atoms with Crippen molar-refractivity contribution in [1.82, 2.24) is 5.32 Å². The number of hydrogen-bond donors (Lipinski definition) is 1. The van der Waals surface area contributed by atoms with Crippen LogP contribution in [0, 0.1) is 5.92 Å². The highest BCUT2D eigenvalue weighted by atomic mass is 127. The molecule has 1 amide bonds. The van der Waals surface area contributed by atoms with E-state index < -0.39 is 0 Å². The highest BCUT2D eigenvalue weighted by Crippen LogP contribution is 2.38. The third-order valence-electron chi connectivity index (χ3n) is 3.21. The van der Waals surface area contributed by atoms with E-state index in [-0.39, 0.29) is 11.8 Å². The minimum Gasteiger partial charge on any atom is -0.493 e. The van der Waals surface area contributed by atoms with Crippen LogP contribution in [0.25, 0.3) is 0 Å². The molecule has 2 rings (SSSR count). The summed E-state index contributed by atoms with van der Waals surface area (Å²) in [6, 6.07) is 5.83. The van der Waals surface area contributed by atoms with Crippen molar-refractivity contribution >= 4 is 28.5 Å². The van der Waals surface area contributed by atoms with Gasteiger partial charge in [0.15, 0.2) is 11.5 Å². The highest BCUT2D eigenvalue weighted by molar-refractivity contribution is 14.1. The topological polar surface area (TPSA) is 47.6 Å². The second kappa shape index (κ2) is 6.45. The van der Waals surface area contributed by atoms with Crippen molar-refractivity contribution in [3.8, 4) is 11.5 Å². The summed E-state index contributed by atoms with van der Waals surface area (Å²) in [6.45, 7) is 0.661. The maximum absolute atomic E-state index is 11.7. The van der Waals surface area contributed by atoms with Crippen molar-refractivity contribution in [3.63, 3.8) is 0 Å². The summed E-state index contributed by atoms with van der Waals surface area (Å²) < 4.78 is 11.0. The standard InChI is InChI=1S/C14H18INO3/c1-18-12-4-3-9(7-13(12)19-2)5-6-16-14(17)10-8-11(10)15/h3-4,7,10-11H,5-6,8H2,1-2H3,(H,16,17). The molecule has 5 heteroatoms. The van der Waals surface area contributed by atoms with E-state index in [0.29, 0.717) is 10.5 Å². The molecule has 0 radical (unpaired) electrons. The molecule has 1 fully saturated rings. The Bertz CT molecular complexity index is 464. The number of alkyl halides is 1. The van der Waals surface area contributed by atoms with Crippen LogP contribution < -0.4 is 14.8 Å². The van der Waals surface area contributed by atoms with E-state index in [1.807, 2.05) is 18.2 Å². The summed E-state index contributed by atoms with van der Waals surface area (Å²) in [5, 5.41) is 2.97. The van der Waals surface area contributed by atoms with E-state index in [0.717, 1.165) is 29.9 Å². The fourth-order valence-electron chi connectivity index (χ4n) is 1.93. The van der Waals surface area contributed by atoms with Crippen LogP contribution in [0.5, 0.6) is 11.5 Å². The van der Waals surface area contributed by atoms with Gasteiger partial charge in [0.2, 0.25) is 5.91 Å². The first-order chi connectivity index (χ1) is 9.15. The fourth-order valence-corrected chi connectivity index (χ4v) is 2.81. The fraction of sp³-hybridized carbons (Fsp3) is 0.500. The van der Waals surface area contributed by atoms with Crippen molar-refractivity contribution in [1.29, 1.82) is 0 Å². The second-order valence-corrected chi connectivity index (χ2v) is 6.19. The Kier molecular flexibility index (Phi) is 4.90. The largest absolute Gasteiger partial charge is 0.493 e. The molecule has 0 aliphatic heterocycles. The van der Waals surface area contributed by atoms with E-state index in [1.54, 1.807) is 14.2 Å². The van der Waals surface area contributed by atoms with Gasteiger partial charge in [0.05, 0.1) is 20.1 Å². The van der Waals surface area contributed by atoms with Crippen LogP contribution in [0.2, 0.25) is 0 Å². The second-order valence-electron chi connectivity index (χ2n) is 4.59. The van der Waals surface area contributed by atoms with Gasteiger partial charge in [-0.3, -0.25) is 4.79 Å². The van der Waals surface area contributed by atoms with Gasteiger partial charge >= 0.3 is 0 Å². The first-order valence-corrected chi connectivity index (χ1v) is 7.53. The Morgan fingerprint density at radius 3 is 2.63 bits per heavy atom. The Labute approximate surface area is 127 Å². The smallest absolute Gasteiger partial charge is 0.224 e. The number of hydrogen-bond acceptors (Lipinski definition) is 3. The average Bonchev–Trinajstić information content (AvgIpc) is 3.15. The predicted octanol–water partition coefficient (Wildman–Crippen LogP) is 2.19. The summed E-state index contributed by atoms with van der Waals surface area (Å²) in [4.78, 5) is 11.7. The first kappa shape index (κ1) is 14.4. The maximum Gasteiger partial charge on any atom is 0.224 e. The number of benzene rings is 1. The van der Waals surface area contributed by atoms with Crippen LogP contribution in [-0.2, 0) is 11.2 Å². The zero-order valence-corrected chi connectivity index (χ0v) is 13.3. The minimum absolute atomic E-state index is 0.180. The minimum atomic E-state index is 0.180. The Balaban J connectivity index is 1.84. The van der Waals surface area contributed by atoms with Gasteiger partial charge in [0.1, 0.15) is 0 Å². The van der Waals surface area contributed by atoms with Gasteiger partial charge in [-0.1, -0.05) is 28.7 Å². The Morgan fingerprint density at radius 2 is 2.05 bits per heavy atom. The van der Waals surface area contributed by atoms with Gasteiger partial charge in [0.25, 0.3) is 0 Å². The molecular weight excluding hydrogens is 357 g/mol. The summed E-state index contributed by atoms with van der Waals surface area (Å²) in [5.74, 6) is 1.85. The van der Waals surface area contributed by atoms with Crippen LogP contribution in [0.15, 0.2) is 18.2 Å². The van der Waals surface area contributed by atoms with Crippen molar-refractivity contribution in [2.24, 2.45) is 5.92 Å². The average molecular weight is 375 g/mol. The molecule has 19 heavy (non-hydrogen) atoms. The van der Waals surface area contributed by atoms with Crippen LogP contribution in [0.3, 0.4) is 0 Å². The monoisotopic (exact) mass is 375 g/mol. The van der Waals surface area contributed by atoms with E-state index in [9.17, 15) is 4.79 Å². The van der Waals surface area contributed by atoms with Gasteiger partial charge in [0, 0.05) is 10.5 Å². The highest BCUT2D eigenvalue weighted by Gasteiger charge is 2.40. The third kappa shape index (κ3) is 3.75. The molecule has 2 unspecified atom stereocenters. The summed E-state index contributed by atoms with van der Waals surface area (Å²) >= 11 is 2.32. The van der Waals surface area contributed by atoms with Gasteiger partial charge < -0.3 is 14.8 Å². The molecule has 1 saturated carbocycles. The number of methoxy groups -OCH3 is 2. The molecule has 0 heterocycles. The van der Waals surface area contributed by atoms with E-state index >= 15 is 0 Å². The molecule has 0 saturated heterocycles. The van der Waals surface area contributed by atoms with Crippen LogP contribution in [-0.4, -0.2) is 30.6 Å². The molecule has 1 aromatic rings. The van der Waals surface area contributed by atoms with Gasteiger partial charge in [-0.15, -0.1) is 0 Å². The van der Waals surface area contributed by atoms with E-state index in [1.165, 1.54) is 0 Å².